The van der Waals surface area contributed by atoms with Gasteiger partial charge in [-0.25, -0.2) is 0 Å². The van der Waals surface area contributed by atoms with Crippen molar-refractivity contribution in [3.8, 4) is 11.3 Å². The second-order valence-electron chi connectivity index (χ2n) is 3.66. The molecule has 0 atom stereocenters. The van der Waals surface area contributed by atoms with Crippen molar-refractivity contribution in [2.75, 3.05) is 0 Å². The maximum absolute atomic E-state index is 6.00. The summed E-state index contributed by atoms with van der Waals surface area (Å²) in [4.78, 5) is 0. The van der Waals surface area contributed by atoms with E-state index in [4.69, 9.17) is 27.7 Å². The summed E-state index contributed by atoms with van der Waals surface area (Å²) in [6.07, 6.45) is 0. The van der Waals surface area contributed by atoms with Crippen LogP contribution in [-0.2, 0) is 0 Å². The Bertz CT molecular complexity index is 676. The Morgan fingerprint density at radius 3 is 2.41 bits per heavy atom. The Labute approximate surface area is 108 Å². The largest absolute Gasteiger partial charge is 0.355 e. The molecule has 1 aromatic heterocycles. The van der Waals surface area contributed by atoms with E-state index in [0.29, 0.717) is 21.3 Å². The molecule has 0 amide bonds. The molecule has 1 heterocycles. The van der Waals surface area contributed by atoms with Crippen molar-refractivity contribution in [3.05, 3.63) is 52.5 Å². The van der Waals surface area contributed by atoms with Gasteiger partial charge >= 0.3 is 0 Å². The van der Waals surface area contributed by atoms with Crippen LogP contribution >= 0.6 is 23.2 Å². The summed E-state index contributed by atoms with van der Waals surface area (Å²) in [5.41, 5.74) is 1.67. The van der Waals surface area contributed by atoms with Gasteiger partial charge in [0.05, 0.1) is 15.4 Å². The number of fused-ring (bicyclic) bond motifs is 1. The third kappa shape index (κ3) is 1.79. The summed E-state index contributed by atoms with van der Waals surface area (Å²) in [5.74, 6) is 0.708. The average molecular weight is 264 g/mol. The second kappa shape index (κ2) is 4.06. The molecule has 0 unspecified atom stereocenters. The first-order valence-electron chi connectivity index (χ1n) is 5.05. The number of nitrogens with zero attached hydrogens (tertiary/aromatic N) is 1. The standard InChI is InChI=1S/C13H7Cl2NO/c14-10-6-9-12(7-11(10)15)16-17-13(9)8-4-2-1-3-5-8/h1-7H. The van der Waals surface area contributed by atoms with E-state index >= 15 is 0 Å². The third-order valence-electron chi connectivity index (χ3n) is 2.55. The van der Waals surface area contributed by atoms with Crippen molar-refractivity contribution in [1.29, 1.82) is 0 Å². The molecular weight excluding hydrogens is 257 g/mol. The van der Waals surface area contributed by atoms with Crippen LogP contribution < -0.4 is 0 Å². The van der Waals surface area contributed by atoms with Gasteiger partial charge in [-0.15, -0.1) is 0 Å². The van der Waals surface area contributed by atoms with Crippen LogP contribution in [0.2, 0.25) is 10.0 Å². The fourth-order valence-electron chi connectivity index (χ4n) is 1.74. The zero-order chi connectivity index (χ0) is 11.8. The van der Waals surface area contributed by atoms with Gasteiger partial charge < -0.3 is 4.52 Å². The van der Waals surface area contributed by atoms with E-state index in [1.54, 1.807) is 12.1 Å². The maximum atomic E-state index is 6.00. The Morgan fingerprint density at radius 1 is 0.941 bits per heavy atom. The van der Waals surface area contributed by atoms with Gasteiger partial charge in [0.25, 0.3) is 0 Å². The van der Waals surface area contributed by atoms with Crippen molar-refractivity contribution < 1.29 is 4.52 Å². The molecule has 0 aliphatic rings. The molecule has 0 saturated heterocycles. The number of hydrogen-bond donors (Lipinski definition) is 0. The molecule has 0 N–H and O–H groups in total. The summed E-state index contributed by atoms with van der Waals surface area (Å²) in [7, 11) is 0. The lowest BCUT2D eigenvalue weighted by molar-refractivity contribution is 0.441. The van der Waals surface area contributed by atoms with Crippen LogP contribution in [0.15, 0.2) is 47.0 Å². The van der Waals surface area contributed by atoms with Crippen LogP contribution in [-0.4, -0.2) is 5.16 Å². The average Bonchev–Trinajstić information content (AvgIpc) is 2.74. The molecule has 0 radical (unpaired) electrons. The van der Waals surface area contributed by atoms with Crippen molar-refractivity contribution >= 4 is 34.1 Å². The highest BCUT2D eigenvalue weighted by Gasteiger charge is 2.12. The zero-order valence-corrected chi connectivity index (χ0v) is 10.2. The van der Waals surface area contributed by atoms with Gasteiger partial charge in [-0.05, 0) is 12.1 Å². The van der Waals surface area contributed by atoms with E-state index in [9.17, 15) is 0 Å². The molecule has 0 saturated carbocycles. The van der Waals surface area contributed by atoms with E-state index in [-0.39, 0.29) is 0 Å². The number of aromatic nitrogens is 1. The smallest absolute Gasteiger partial charge is 0.174 e. The molecule has 84 valence electrons. The maximum Gasteiger partial charge on any atom is 0.174 e. The molecule has 4 heteroatoms. The number of halogens is 2. The summed E-state index contributed by atoms with van der Waals surface area (Å²) in [5, 5.41) is 5.82. The molecule has 17 heavy (non-hydrogen) atoms. The van der Waals surface area contributed by atoms with Crippen LogP contribution in [0.3, 0.4) is 0 Å². The van der Waals surface area contributed by atoms with Crippen LogP contribution in [0, 0.1) is 0 Å². The molecule has 0 bridgehead atoms. The Morgan fingerprint density at radius 2 is 1.65 bits per heavy atom. The normalized spacial score (nSPS) is 10.9. The van der Waals surface area contributed by atoms with Gasteiger partial charge in [0.1, 0.15) is 5.52 Å². The lowest BCUT2D eigenvalue weighted by Crippen LogP contribution is -1.75. The predicted molar refractivity (Wildman–Crippen MR) is 69.5 cm³/mol. The molecule has 2 nitrogen and oxygen atoms in total. The highest BCUT2D eigenvalue weighted by atomic mass is 35.5. The van der Waals surface area contributed by atoms with Gasteiger partial charge in [0.2, 0.25) is 0 Å². The molecule has 0 aliphatic heterocycles. The van der Waals surface area contributed by atoms with Gasteiger partial charge in [-0.3, -0.25) is 0 Å². The van der Waals surface area contributed by atoms with E-state index in [2.05, 4.69) is 5.16 Å². The quantitative estimate of drug-likeness (QED) is 0.630. The molecule has 0 spiro atoms. The SMILES string of the molecule is Clc1cc2noc(-c3ccccc3)c2cc1Cl. The van der Waals surface area contributed by atoms with Crippen LogP contribution in [0.25, 0.3) is 22.2 Å². The van der Waals surface area contributed by atoms with Gasteiger partial charge in [0, 0.05) is 5.56 Å². The van der Waals surface area contributed by atoms with Crippen molar-refractivity contribution in [2.24, 2.45) is 0 Å². The highest BCUT2D eigenvalue weighted by molar-refractivity contribution is 6.42. The minimum atomic E-state index is 0.479. The fraction of sp³-hybridized carbons (Fsp3) is 0. The first-order chi connectivity index (χ1) is 8.25. The fourth-order valence-corrected chi connectivity index (χ4v) is 2.06. The van der Waals surface area contributed by atoms with Gasteiger partial charge in [-0.1, -0.05) is 58.7 Å². The topological polar surface area (TPSA) is 26.0 Å². The summed E-state index contributed by atoms with van der Waals surface area (Å²) in [6.45, 7) is 0. The highest BCUT2D eigenvalue weighted by Crippen LogP contribution is 2.33. The molecular formula is C13H7Cl2NO. The van der Waals surface area contributed by atoms with Crippen molar-refractivity contribution in [1.82, 2.24) is 5.16 Å². The third-order valence-corrected chi connectivity index (χ3v) is 3.28. The van der Waals surface area contributed by atoms with E-state index in [0.717, 1.165) is 10.9 Å². The minimum Gasteiger partial charge on any atom is -0.355 e. The Balaban J connectivity index is 2.29. The van der Waals surface area contributed by atoms with E-state index < -0.39 is 0 Å². The molecule has 0 aliphatic carbocycles. The first kappa shape index (κ1) is 10.6. The Kier molecular flexibility index (Phi) is 2.54. The van der Waals surface area contributed by atoms with E-state index in [1.807, 2.05) is 30.3 Å². The van der Waals surface area contributed by atoms with E-state index in [1.165, 1.54) is 0 Å². The van der Waals surface area contributed by atoms with Crippen LogP contribution in [0.5, 0.6) is 0 Å². The number of benzene rings is 2. The Hall–Kier alpha value is -1.51. The predicted octanol–water partition coefficient (Wildman–Crippen LogP) is 4.80. The van der Waals surface area contributed by atoms with Crippen molar-refractivity contribution in [3.63, 3.8) is 0 Å². The summed E-state index contributed by atoms with van der Waals surface area (Å²) >= 11 is 11.9. The molecule has 3 aromatic rings. The zero-order valence-electron chi connectivity index (χ0n) is 8.65. The molecule has 2 aromatic carbocycles. The summed E-state index contributed by atoms with van der Waals surface area (Å²) < 4.78 is 5.34. The first-order valence-corrected chi connectivity index (χ1v) is 5.81. The van der Waals surface area contributed by atoms with Gasteiger partial charge in [0.15, 0.2) is 5.76 Å². The van der Waals surface area contributed by atoms with Gasteiger partial charge in [-0.2, -0.15) is 0 Å². The lowest BCUT2D eigenvalue weighted by Gasteiger charge is -1.97. The number of hydrogen-bond acceptors (Lipinski definition) is 2. The van der Waals surface area contributed by atoms with Crippen molar-refractivity contribution in [2.45, 2.75) is 0 Å². The second-order valence-corrected chi connectivity index (χ2v) is 4.48. The molecule has 0 fully saturated rings. The van der Waals surface area contributed by atoms with Crippen LogP contribution in [0.4, 0.5) is 0 Å². The lowest BCUT2D eigenvalue weighted by atomic mass is 10.1. The molecule has 3 rings (SSSR count). The minimum absolute atomic E-state index is 0.479. The monoisotopic (exact) mass is 263 g/mol. The van der Waals surface area contributed by atoms with Crippen LogP contribution in [0.1, 0.15) is 0 Å². The number of rotatable bonds is 1. The summed E-state index contributed by atoms with van der Waals surface area (Å²) in [6, 6.07) is 13.2.